The number of aryl methyl sites for hydroxylation is 1. The van der Waals surface area contributed by atoms with Crippen molar-refractivity contribution in [3.8, 4) is 11.8 Å². The van der Waals surface area contributed by atoms with Gasteiger partial charge in [0, 0.05) is 17.7 Å². The topological polar surface area (TPSA) is 45.0 Å². The number of benzene rings is 2. The van der Waals surface area contributed by atoms with Gasteiger partial charge in [-0.05, 0) is 38.2 Å². The molecule has 2 rings (SSSR count). The van der Waals surface area contributed by atoms with E-state index in [9.17, 15) is 4.39 Å². The van der Waals surface area contributed by atoms with E-state index in [4.69, 9.17) is 10.00 Å². The number of nitrogens with zero attached hydrogens (tertiary/aromatic N) is 1. The number of nitrogens with one attached hydrogen (secondary N) is 1. The molecule has 0 aliphatic rings. The summed E-state index contributed by atoms with van der Waals surface area (Å²) in [6, 6.07) is 12.1. The average Bonchev–Trinajstić information content (AvgIpc) is 2.48. The van der Waals surface area contributed by atoms with E-state index in [0.29, 0.717) is 17.7 Å². The molecular weight excluding hydrogens is 267 g/mol. The molecule has 0 spiro atoms. The fourth-order valence-corrected chi connectivity index (χ4v) is 2.09. The lowest BCUT2D eigenvalue weighted by Crippen LogP contribution is -2.08. The van der Waals surface area contributed by atoms with E-state index < -0.39 is 0 Å². The third-order valence-corrected chi connectivity index (χ3v) is 3.14. The highest BCUT2D eigenvalue weighted by Crippen LogP contribution is 2.22. The Morgan fingerprint density at radius 1 is 1.19 bits per heavy atom. The third kappa shape index (κ3) is 3.80. The van der Waals surface area contributed by atoms with Crippen LogP contribution in [0.15, 0.2) is 36.4 Å². The molecule has 21 heavy (non-hydrogen) atoms. The summed E-state index contributed by atoms with van der Waals surface area (Å²) in [7, 11) is 1.86. The van der Waals surface area contributed by atoms with Crippen LogP contribution in [0.3, 0.4) is 0 Å². The molecule has 2 aromatic rings. The van der Waals surface area contributed by atoms with Gasteiger partial charge in [0.1, 0.15) is 18.2 Å². The molecule has 2 aromatic carbocycles. The predicted octanol–water partition coefficient (Wildman–Crippen LogP) is 3.30. The number of hydrogen-bond donors (Lipinski definition) is 1. The minimum absolute atomic E-state index is 0.0983. The molecule has 0 amide bonds. The lowest BCUT2D eigenvalue weighted by atomic mass is 10.1. The summed E-state index contributed by atoms with van der Waals surface area (Å²) in [6.45, 7) is 2.79. The summed E-state index contributed by atoms with van der Waals surface area (Å²) in [4.78, 5) is 0. The van der Waals surface area contributed by atoms with Gasteiger partial charge in [-0.2, -0.15) is 5.26 Å². The average molecular weight is 284 g/mol. The molecule has 0 saturated heterocycles. The highest BCUT2D eigenvalue weighted by Gasteiger charge is 2.07. The van der Waals surface area contributed by atoms with E-state index in [0.717, 1.165) is 16.9 Å². The lowest BCUT2D eigenvalue weighted by Gasteiger charge is -2.13. The van der Waals surface area contributed by atoms with E-state index >= 15 is 0 Å². The van der Waals surface area contributed by atoms with E-state index in [1.54, 1.807) is 0 Å². The van der Waals surface area contributed by atoms with Crippen molar-refractivity contribution in [1.29, 1.82) is 5.26 Å². The van der Waals surface area contributed by atoms with Gasteiger partial charge in [0.2, 0.25) is 0 Å². The van der Waals surface area contributed by atoms with Crippen molar-refractivity contribution in [2.75, 3.05) is 7.05 Å². The van der Waals surface area contributed by atoms with Gasteiger partial charge in [-0.15, -0.1) is 0 Å². The maximum absolute atomic E-state index is 13.7. The van der Waals surface area contributed by atoms with Crippen LogP contribution in [0.1, 0.15) is 22.3 Å². The van der Waals surface area contributed by atoms with E-state index in [1.165, 1.54) is 18.2 Å². The van der Waals surface area contributed by atoms with Gasteiger partial charge < -0.3 is 10.1 Å². The summed E-state index contributed by atoms with van der Waals surface area (Å²) in [5, 5.41) is 11.9. The van der Waals surface area contributed by atoms with Gasteiger partial charge in [-0.3, -0.25) is 0 Å². The first-order valence-corrected chi connectivity index (χ1v) is 6.69. The number of hydrogen-bond acceptors (Lipinski definition) is 3. The Morgan fingerprint density at radius 3 is 2.71 bits per heavy atom. The zero-order chi connectivity index (χ0) is 15.2. The van der Waals surface area contributed by atoms with Crippen molar-refractivity contribution in [3.05, 3.63) is 64.5 Å². The minimum atomic E-state index is -0.365. The zero-order valence-electron chi connectivity index (χ0n) is 12.1. The van der Waals surface area contributed by atoms with Gasteiger partial charge in [-0.1, -0.05) is 17.7 Å². The van der Waals surface area contributed by atoms with E-state index in [2.05, 4.69) is 5.32 Å². The summed E-state index contributed by atoms with van der Waals surface area (Å²) in [5.74, 6) is 0.355. The van der Waals surface area contributed by atoms with Crippen LogP contribution in [0.2, 0.25) is 0 Å². The summed E-state index contributed by atoms with van der Waals surface area (Å²) < 4.78 is 19.4. The van der Waals surface area contributed by atoms with Crippen molar-refractivity contribution in [1.82, 2.24) is 5.32 Å². The fraction of sp³-hybridized carbons (Fsp3) is 0.235. The normalized spacial score (nSPS) is 10.2. The van der Waals surface area contributed by atoms with E-state index in [1.807, 2.05) is 38.2 Å². The van der Waals surface area contributed by atoms with Crippen LogP contribution in [0.25, 0.3) is 0 Å². The van der Waals surface area contributed by atoms with Crippen LogP contribution in [0, 0.1) is 24.1 Å². The maximum atomic E-state index is 13.7. The zero-order valence-corrected chi connectivity index (χ0v) is 12.1. The summed E-state index contributed by atoms with van der Waals surface area (Å²) >= 11 is 0. The first-order valence-electron chi connectivity index (χ1n) is 6.69. The van der Waals surface area contributed by atoms with Gasteiger partial charge in [0.25, 0.3) is 0 Å². The molecule has 0 atom stereocenters. The van der Waals surface area contributed by atoms with Gasteiger partial charge in [0.15, 0.2) is 0 Å². The Hall–Kier alpha value is -2.38. The molecule has 0 aliphatic carbocycles. The van der Waals surface area contributed by atoms with Crippen LogP contribution in [0.4, 0.5) is 4.39 Å². The Morgan fingerprint density at radius 2 is 2.00 bits per heavy atom. The van der Waals surface area contributed by atoms with Crippen molar-refractivity contribution in [3.63, 3.8) is 0 Å². The van der Waals surface area contributed by atoms with Gasteiger partial charge in [-0.25, -0.2) is 4.39 Å². The number of halogens is 1. The smallest absolute Gasteiger partial charge is 0.129 e. The van der Waals surface area contributed by atoms with Gasteiger partial charge in [0.05, 0.1) is 11.6 Å². The Bertz CT molecular complexity index is 677. The first-order chi connectivity index (χ1) is 10.1. The fourth-order valence-electron chi connectivity index (χ4n) is 2.09. The van der Waals surface area contributed by atoms with E-state index in [-0.39, 0.29) is 12.4 Å². The number of ether oxygens (including phenoxy) is 1. The molecule has 0 bridgehead atoms. The van der Waals surface area contributed by atoms with Crippen molar-refractivity contribution < 1.29 is 9.13 Å². The molecular formula is C17H17FN2O. The maximum Gasteiger partial charge on any atom is 0.129 e. The molecule has 3 nitrogen and oxygen atoms in total. The second-order valence-corrected chi connectivity index (χ2v) is 4.85. The van der Waals surface area contributed by atoms with Crippen molar-refractivity contribution in [2.45, 2.75) is 20.1 Å². The molecule has 0 unspecified atom stereocenters. The summed E-state index contributed by atoms with van der Waals surface area (Å²) in [5.41, 5.74) is 2.97. The largest absolute Gasteiger partial charge is 0.488 e. The molecule has 0 heterocycles. The molecule has 0 fully saturated rings. The molecule has 0 aromatic heterocycles. The molecule has 4 heteroatoms. The monoisotopic (exact) mass is 284 g/mol. The predicted molar refractivity (Wildman–Crippen MR) is 79.4 cm³/mol. The van der Waals surface area contributed by atoms with Crippen molar-refractivity contribution in [2.24, 2.45) is 0 Å². The Kier molecular flexibility index (Phi) is 4.91. The molecule has 0 saturated carbocycles. The quantitative estimate of drug-likeness (QED) is 0.916. The van der Waals surface area contributed by atoms with Crippen LogP contribution in [-0.2, 0) is 13.2 Å². The Labute approximate surface area is 124 Å². The molecule has 0 radical (unpaired) electrons. The molecule has 1 N–H and O–H groups in total. The highest BCUT2D eigenvalue weighted by molar-refractivity contribution is 5.38. The molecule has 108 valence electrons. The highest BCUT2D eigenvalue weighted by atomic mass is 19.1. The van der Waals surface area contributed by atoms with Crippen LogP contribution in [-0.4, -0.2) is 7.05 Å². The van der Waals surface area contributed by atoms with Crippen LogP contribution < -0.4 is 10.1 Å². The minimum Gasteiger partial charge on any atom is -0.488 e. The second-order valence-electron chi connectivity index (χ2n) is 4.85. The third-order valence-electron chi connectivity index (χ3n) is 3.14. The SMILES string of the molecule is CNCc1cc(C)ccc1OCc1cc(C#N)ccc1F. The van der Waals surface area contributed by atoms with Crippen molar-refractivity contribution >= 4 is 0 Å². The van der Waals surface area contributed by atoms with Crippen LogP contribution >= 0.6 is 0 Å². The summed E-state index contributed by atoms with van der Waals surface area (Å²) in [6.07, 6.45) is 0. The van der Waals surface area contributed by atoms with Crippen LogP contribution in [0.5, 0.6) is 5.75 Å². The lowest BCUT2D eigenvalue weighted by molar-refractivity contribution is 0.296. The number of nitriles is 1. The molecule has 0 aliphatic heterocycles. The first kappa shape index (κ1) is 15.0. The standard InChI is InChI=1S/C17H17FN2O/c1-12-3-6-17(14(7-12)10-20-2)21-11-15-8-13(9-19)4-5-16(15)18/h3-8,20H,10-11H2,1-2H3. The second kappa shape index (κ2) is 6.87. The Balaban J connectivity index is 2.18. The van der Waals surface area contributed by atoms with Gasteiger partial charge >= 0.3 is 0 Å². The number of rotatable bonds is 5.